The summed E-state index contributed by atoms with van der Waals surface area (Å²) in [6.07, 6.45) is 3.68. The van der Waals surface area contributed by atoms with Crippen molar-refractivity contribution in [3.63, 3.8) is 0 Å². The van der Waals surface area contributed by atoms with Crippen LogP contribution in [0.3, 0.4) is 0 Å². The van der Waals surface area contributed by atoms with Crippen molar-refractivity contribution in [2.45, 2.75) is 33.6 Å². The maximum Gasteiger partial charge on any atom is 0.294 e. The third-order valence-electron chi connectivity index (χ3n) is 5.86. The minimum atomic E-state index is -0.411. The molecule has 4 rings (SSSR count). The largest absolute Gasteiger partial charge is 0.341 e. The van der Waals surface area contributed by atoms with Gasteiger partial charge < -0.3 is 9.47 Å². The van der Waals surface area contributed by atoms with Gasteiger partial charge in [-0.1, -0.05) is 17.7 Å². The molecular formula is C23H24ClN3O3S. The fourth-order valence-electron chi connectivity index (χ4n) is 4.12. The highest BCUT2D eigenvalue weighted by Crippen LogP contribution is 2.34. The van der Waals surface area contributed by atoms with Crippen LogP contribution >= 0.6 is 23.4 Å². The molecule has 1 aromatic carbocycles. The van der Waals surface area contributed by atoms with E-state index in [4.69, 9.17) is 11.6 Å². The molecule has 0 atom stereocenters. The van der Waals surface area contributed by atoms with Crippen LogP contribution in [0.25, 0.3) is 11.8 Å². The van der Waals surface area contributed by atoms with Gasteiger partial charge in [-0.05, 0) is 80.8 Å². The van der Waals surface area contributed by atoms with E-state index < -0.39 is 11.1 Å². The van der Waals surface area contributed by atoms with Crippen molar-refractivity contribution in [3.05, 3.63) is 56.7 Å². The molecular weight excluding hydrogens is 434 g/mol. The lowest BCUT2D eigenvalue weighted by Crippen LogP contribution is -2.40. The molecule has 0 N–H and O–H groups in total. The lowest BCUT2D eigenvalue weighted by atomic mass is 10.2. The monoisotopic (exact) mass is 457 g/mol. The Bertz CT molecular complexity index is 1120. The van der Waals surface area contributed by atoms with E-state index in [2.05, 4.69) is 4.57 Å². The zero-order chi connectivity index (χ0) is 22.3. The van der Waals surface area contributed by atoms with Crippen molar-refractivity contribution in [1.29, 1.82) is 0 Å². The molecule has 2 fully saturated rings. The predicted octanol–water partition coefficient (Wildman–Crippen LogP) is 4.71. The average molecular weight is 458 g/mol. The predicted molar refractivity (Wildman–Crippen MR) is 123 cm³/mol. The molecule has 0 saturated carbocycles. The van der Waals surface area contributed by atoms with E-state index in [1.165, 1.54) is 0 Å². The Labute approximate surface area is 190 Å². The third kappa shape index (κ3) is 4.04. The average Bonchev–Trinajstić information content (AvgIpc) is 3.42. The molecule has 31 heavy (non-hydrogen) atoms. The SMILES string of the molecule is Cc1c(Cl)cccc1-n1c(C)cc(/C=C2/SC(=O)N(CC(=O)N3CCCC3)C2=O)c1C. The van der Waals surface area contributed by atoms with Gasteiger partial charge in [-0.3, -0.25) is 19.3 Å². The zero-order valence-corrected chi connectivity index (χ0v) is 19.3. The number of aromatic nitrogens is 1. The fraction of sp³-hybridized carbons (Fsp3) is 0.348. The van der Waals surface area contributed by atoms with Crippen LogP contribution < -0.4 is 0 Å². The molecule has 162 valence electrons. The van der Waals surface area contributed by atoms with Crippen molar-refractivity contribution in [3.8, 4) is 5.69 Å². The van der Waals surface area contributed by atoms with Crippen LogP contribution in [0.4, 0.5) is 4.79 Å². The molecule has 0 unspecified atom stereocenters. The van der Waals surface area contributed by atoms with E-state index in [0.29, 0.717) is 23.0 Å². The number of hydrogen-bond donors (Lipinski definition) is 0. The number of amides is 3. The number of imide groups is 1. The summed E-state index contributed by atoms with van der Waals surface area (Å²) in [5, 5.41) is 0.290. The van der Waals surface area contributed by atoms with Gasteiger partial charge in [0.1, 0.15) is 6.54 Å². The number of carbonyl (C=O) groups is 3. The fourth-order valence-corrected chi connectivity index (χ4v) is 5.12. The Balaban J connectivity index is 1.60. The highest BCUT2D eigenvalue weighted by molar-refractivity contribution is 8.18. The molecule has 8 heteroatoms. The summed E-state index contributed by atoms with van der Waals surface area (Å²) in [5.41, 5.74) is 4.75. The number of hydrogen-bond acceptors (Lipinski definition) is 4. The number of aryl methyl sites for hydroxylation is 1. The third-order valence-corrected chi connectivity index (χ3v) is 7.18. The van der Waals surface area contributed by atoms with E-state index >= 15 is 0 Å². The van der Waals surface area contributed by atoms with Crippen LogP contribution in [0, 0.1) is 20.8 Å². The topological polar surface area (TPSA) is 62.6 Å². The van der Waals surface area contributed by atoms with Crippen molar-refractivity contribution in [2.24, 2.45) is 0 Å². The lowest BCUT2D eigenvalue weighted by molar-refractivity contribution is -0.135. The van der Waals surface area contributed by atoms with Gasteiger partial charge in [0.2, 0.25) is 5.91 Å². The van der Waals surface area contributed by atoms with Crippen LogP contribution in [-0.4, -0.2) is 51.1 Å². The quantitative estimate of drug-likeness (QED) is 0.623. The van der Waals surface area contributed by atoms with Crippen molar-refractivity contribution >= 4 is 46.5 Å². The second kappa shape index (κ2) is 8.55. The Hall–Kier alpha value is -2.51. The minimum absolute atomic E-state index is 0.171. The number of benzene rings is 1. The molecule has 2 aliphatic heterocycles. The first-order valence-corrected chi connectivity index (χ1v) is 11.4. The summed E-state index contributed by atoms with van der Waals surface area (Å²) >= 11 is 7.19. The summed E-state index contributed by atoms with van der Waals surface area (Å²) in [4.78, 5) is 40.8. The maximum absolute atomic E-state index is 12.9. The Morgan fingerprint density at radius 3 is 2.58 bits per heavy atom. The second-order valence-electron chi connectivity index (χ2n) is 7.90. The molecule has 3 heterocycles. The number of likely N-dealkylation sites (tertiary alicyclic amines) is 1. The number of halogens is 1. The molecule has 2 aliphatic rings. The van der Waals surface area contributed by atoms with Gasteiger partial charge in [0, 0.05) is 35.2 Å². The summed E-state index contributed by atoms with van der Waals surface area (Å²) in [5.74, 6) is -0.582. The summed E-state index contributed by atoms with van der Waals surface area (Å²) < 4.78 is 2.09. The number of carbonyl (C=O) groups excluding carboxylic acids is 3. The molecule has 1 aromatic heterocycles. The molecule has 6 nitrogen and oxygen atoms in total. The van der Waals surface area contributed by atoms with Crippen LogP contribution in [0.5, 0.6) is 0 Å². The Morgan fingerprint density at radius 2 is 1.87 bits per heavy atom. The molecule has 2 aromatic rings. The minimum Gasteiger partial charge on any atom is -0.341 e. The van der Waals surface area contributed by atoms with Gasteiger partial charge in [-0.15, -0.1) is 0 Å². The zero-order valence-electron chi connectivity index (χ0n) is 17.8. The van der Waals surface area contributed by atoms with E-state index in [1.54, 1.807) is 11.0 Å². The van der Waals surface area contributed by atoms with Gasteiger partial charge in [0.15, 0.2) is 0 Å². The Kier molecular flexibility index (Phi) is 5.99. The first kappa shape index (κ1) is 21.7. The molecule has 0 aliphatic carbocycles. The van der Waals surface area contributed by atoms with E-state index in [0.717, 1.165) is 57.7 Å². The van der Waals surface area contributed by atoms with Crippen LogP contribution in [0.1, 0.15) is 35.4 Å². The Morgan fingerprint density at radius 1 is 1.16 bits per heavy atom. The summed E-state index contributed by atoms with van der Waals surface area (Å²) in [6.45, 7) is 7.13. The van der Waals surface area contributed by atoms with E-state index in [1.807, 2.05) is 45.0 Å². The van der Waals surface area contributed by atoms with Gasteiger partial charge in [0.25, 0.3) is 11.1 Å². The summed E-state index contributed by atoms with van der Waals surface area (Å²) in [6, 6.07) is 7.75. The molecule has 0 bridgehead atoms. The number of thioether (sulfide) groups is 1. The van der Waals surface area contributed by atoms with Crippen molar-refractivity contribution < 1.29 is 14.4 Å². The maximum atomic E-state index is 12.9. The smallest absolute Gasteiger partial charge is 0.294 e. The first-order valence-electron chi connectivity index (χ1n) is 10.3. The first-order chi connectivity index (χ1) is 14.8. The van der Waals surface area contributed by atoms with Gasteiger partial charge in [-0.2, -0.15) is 0 Å². The molecule has 2 saturated heterocycles. The lowest BCUT2D eigenvalue weighted by Gasteiger charge is -2.18. The van der Waals surface area contributed by atoms with Crippen LogP contribution in [-0.2, 0) is 9.59 Å². The highest BCUT2D eigenvalue weighted by atomic mass is 35.5. The number of nitrogens with zero attached hydrogens (tertiary/aromatic N) is 3. The second-order valence-corrected chi connectivity index (χ2v) is 9.30. The summed E-state index contributed by atoms with van der Waals surface area (Å²) in [7, 11) is 0. The number of rotatable bonds is 4. The van der Waals surface area contributed by atoms with Crippen LogP contribution in [0.2, 0.25) is 5.02 Å². The van der Waals surface area contributed by atoms with E-state index in [-0.39, 0.29) is 12.5 Å². The van der Waals surface area contributed by atoms with Crippen LogP contribution in [0.15, 0.2) is 29.2 Å². The molecule has 0 radical (unpaired) electrons. The van der Waals surface area contributed by atoms with E-state index in [9.17, 15) is 14.4 Å². The van der Waals surface area contributed by atoms with Gasteiger partial charge in [0.05, 0.1) is 4.91 Å². The van der Waals surface area contributed by atoms with Crippen molar-refractivity contribution in [1.82, 2.24) is 14.4 Å². The van der Waals surface area contributed by atoms with Crippen molar-refractivity contribution in [2.75, 3.05) is 19.6 Å². The standard InChI is InChI=1S/C23H24ClN3O3S/c1-14-11-17(16(3)27(14)19-8-6-7-18(24)15(19)2)12-20-22(29)26(23(30)31-20)13-21(28)25-9-4-5-10-25/h6-8,11-12H,4-5,9-10,13H2,1-3H3/b20-12+. The molecule has 3 amide bonds. The van der Waals surface area contributed by atoms with Gasteiger partial charge in [-0.25, -0.2) is 0 Å². The molecule has 0 spiro atoms. The normalized spacial score (nSPS) is 18.0. The highest BCUT2D eigenvalue weighted by Gasteiger charge is 2.37. The van der Waals surface area contributed by atoms with Gasteiger partial charge >= 0.3 is 0 Å².